The van der Waals surface area contributed by atoms with Crippen molar-refractivity contribution in [1.29, 1.82) is 0 Å². The number of hydrogen-bond acceptors (Lipinski definition) is 2. The Labute approximate surface area is 134 Å². The van der Waals surface area contributed by atoms with E-state index in [-0.39, 0.29) is 17.8 Å². The fourth-order valence-electron chi connectivity index (χ4n) is 3.06. The molecule has 4 heteroatoms. The highest BCUT2D eigenvalue weighted by molar-refractivity contribution is 7.10. The Hall–Kier alpha value is -1.68. The van der Waals surface area contributed by atoms with Gasteiger partial charge in [0.2, 0.25) is 5.91 Å². The van der Waals surface area contributed by atoms with Gasteiger partial charge in [-0.3, -0.25) is 4.79 Å². The lowest BCUT2D eigenvalue weighted by Crippen LogP contribution is -2.40. The molecule has 1 amide bonds. The number of fused-ring (bicyclic) bond motifs is 1. The van der Waals surface area contributed by atoms with Crippen LogP contribution in [0.2, 0.25) is 0 Å². The highest BCUT2D eigenvalue weighted by Gasteiger charge is 2.32. The highest BCUT2D eigenvalue weighted by Crippen LogP contribution is 2.38. The molecule has 1 atom stereocenters. The van der Waals surface area contributed by atoms with Crippen LogP contribution in [0.25, 0.3) is 0 Å². The van der Waals surface area contributed by atoms with Gasteiger partial charge >= 0.3 is 0 Å². The Kier molecular flexibility index (Phi) is 4.57. The largest absolute Gasteiger partial charge is 0.331 e. The van der Waals surface area contributed by atoms with Crippen LogP contribution in [0.1, 0.15) is 48.2 Å². The molecular weight excluding hydrogens is 297 g/mol. The van der Waals surface area contributed by atoms with Gasteiger partial charge in [-0.05, 0) is 47.5 Å². The van der Waals surface area contributed by atoms with Crippen molar-refractivity contribution < 1.29 is 9.18 Å². The van der Waals surface area contributed by atoms with Gasteiger partial charge in [-0.25, -0.2) is 4.39 Å². The minimum Gasteiger partial charge on any atom is -0.331 e. The number of carbonyl (C=O) groups is 1. The van der Waals surface area contributed by atoms with Gasteiger partial charge in [0.05, 0.1) is 6.04 Å². The molecule has 0 bridgehead atoms. The summed E-state index contributed by atoms with van der Waals surface area (Å²) < 4.78 is 13.2. The van der Waals surface area contributed by atoms with Crippen molar-refractivity contribution in [3.05, 3.63) is 57.5 Å². The number of halogens is 1. The van der Waals surface area contributed by atoms with Crippen molar-refractivity contribution >= 4 is 17.2 Å². The first-order chi connectivity index (χ1) is 10.7. The maximum atomic E-state index is 13.2. The van der Waals surface area contributed by atoms with Gasteiger partial charge in [0.15, 0.2) is 0 Å². The molecule has 0 saturated heterocycles. The third kappa shape index (κ3) is 2.93. The Morgan fingerprint density at radius 1 is 1.32 bits per heavy atom. The lowest BCUT2D eigenvalue weighted by Gasteiger charge is -2.36. The Morgan fingerprint density at radius 3 is 2.82 bits per heavy atom. The van der Waals surface area contributed by atoms with Crippen LogP contribution < -0.4 is 0 Å². The number of carbonyl (C=O) groups excluding carboxylic acids is 1. The predicted octanol–water partition coefficient (Wildman–Crippen LogP) is 4.55. The second kappa shape index (κ2) is 6.61. The zero-order valence-electron chi connectivity index (χ0n) is 12.7. The summed E-state index contributed by atoms with van der Waals surface area (Å²) in [5, 5.41) is 2.08. The lowest BCUT2D eigenvalue weighted by atomic mass is 9.93. The van der Waals surface area contributed by atoms with Gasteiger partial charge in [-0.1, -0.05) is 25.5 Å². The average molecular weight is 317 g/mol. The molecule has 3 rings (SSSR count). The molecule has 0 fully saturated rings. The molecule has 0 aliphatic carbocycles. The minimum atomic E-state index is -0.242. The SMILES string of the molecule is CCCCC(=O)N1CCc2sccc2C1c1ccc(F)cc1. The van der Waals surface area contributed by atoms with Crippen molar-refractivity contribution in [1.82, 2.24) is 4.90 Å². The summed E-state index contributed by atoms with van der Waals surface area (Å²) >= 11 is 1.75. The molecule has 1 aromatic carbocycles. The zero-order valence-corrected chi connectivity index (χ0v) is 13.5. The van der Waals surface area contributed by atoms with Crippen LogP contribution in [0.15, 0.2) is 35.7 Å². The quantitative estimate of drug-likeness (QED) is 0.810. The van der Waals surface area contributed by atoms with Crippen molar-refractivity contribution in [2.45, 2.75) is 38.6 Å². The van der Waals surface area contributed by atoms with E-state index in [1.165, 1.54) is 22.6 Å². The van der Waals surface area contributed by atoms with Crippen LogP contribution in [-0.2, 0) is 11.2 Å². The number of thiophene rings is 1. The molecule has 1 aliphatic rings. The topological polar surface area (TPSA) is 20.3 Å². The van der Waals surface area contributed by atoms with Gasteiger partial charge < -0.3 is 4.90 Å². The Balaban J connectivity index is 1.95. The molecule has 1 aromatic heterocycles. The van der Waals surface area contributed by atoms with Crippen molar-refractivity contribution in [2.75, 3.05) is 6.54 Å². The van der Waals surface area contributed by atoms with Crippen molar-refractivity contribution in [2.24, 2.45) is 0 Å². The third-order valence-corrected chi connectivity index (χ3v) is 5.21. The number of nitrogens with zero attached hydrogens (tertiary/aromatic N) is 1. The third-order valence-electron chi connectivity index (χ3n) is 4.22. The fourth-order valence-corrected chi connectivity index (χ4v) is 3.97. The lowest BCUT2D eigenvalue weighted by molar-refractivity contribution is -0.133. The molecule has 1 unspecified atom stereocenters. The summed E-state index contributed by atoms with van der Waals surface area (Å²) in [5.74, 6) is -0.0398. The van der Waals surface area contributed by atoms with Crippen molar-refractivity contribution in [3.63, 3.8) is 0 Å². The number of rotatable bonds is 4. The van der Waals surface area contributed by atoms with Gasteiger partial charge in [-0.2, -0.15) is 0 Å². The van der Waals surface area contributed by atoms with Crippen LogP contribution in [0, 0.1) is 5.82 Å². The first-order valence-corrected chi connectivity index (χ1v) is 8.70. The minimum absolute atomic E-state index is 0.0695. The van der Waals surface area contributed by atoms with E-state index in [1.807, 2.05) is 4.90 Å². The fraction of sp³-hybridized carbons (Fsp3) is 0.389. The Morgan fingerprint density at radius 2 is 2.09 bits per heavy atom. The summed E-state index contributed by atoms with van der Waals surface area (Å²) in [6.07, 6.45) is 3.45. The summed E-state index contributed by atoms with van der Waals surface area (Å²) in [6, 6.07) is 8.59. The second-order valence-electron chi connectivity index (χ2n) is 5.69. The van der Waals surface area contributed by atoms with Crippen LogP contribution >= 0.6 is 11.3 Å². The molecular formula is C18H20FNOS. The van der Waals surface area contributed by atoms with E-state index in [0.717, 1.165) is 31.4 Å². The number of hydrogen-bond donors (Lipinski definition) is 0. The van der Waals surface area contributed by atoms with Gasteiger partial charge in [-0.15, -0.1) is 11.3 Å². The predicted molar refractivity (Wildman–Crippen MR) is 87.5 cm³/mol. The monoisotopic (exact) mass is 317 g/mol. The van der Waals surface area contributed by atoms with Gasteiger partial charge in [0.1, 0.15) is 5.82 Å². The first kappa shape index (κ1) is 15.2. The summed E-state index contributed by atoms with van der Waals surface area (Å²) in [7, 11) is 0. The van der Waals surface area contributed by atoms with E-state index in [4.69, 9.17) is 0 Å². The van der Waals surface area contributed by atoms with Crippen LogP contribution in [-0.4, -0.2) is 17.4 Å². The molecule has 2 heterocycles. The maximum absolute atomic E-state index is 13.2. The average Bonchev–Trinajstić information content (AvgIpc) is 3.01. The summed E-state index contributed by atoms with van der Waals surface area (Å²) in [5.41, 5.74) is 2.19. The normalized spacial score (nSPS) is 17.4. The molecule has 0 radical (unpaired) electrons. The summed E-state index contributed by atoms with van der Waals surface area (Å²) in [4.78, 5) is 15.9. The molecule has 22 heavy (non-hydrogen) atoms. The molecule has 0 spiro atoms. The maximum Gasteiger partial charge on any atom is 0.223 e. The smallest absolute Gasteiger partial charge is 0.223 e. The summed E-state index contributed by atoms with van der Waals surface area (Å²) in [6.45, 7) is 2.84. The van der Waals surface area contributed by atoms with E-state index in [9.17, 15) is 9.18 Å². The van der Waals surface area contributed by atoms with E-state index in [0.29, 0.717) is 6.42 Å². The first-order valence-electron chi connectivity index (χ1n) is 7.82. The van der Waals surface area contributed by atoms with Gasteiger partial charge in [0.25, 0.3) is 0 Å². The van der Waals surface area contributed by atoms with E-state index < -0.39 is 0 Å². The van der Waals surface area contributed by atoms with Crippen molar-refractivity contribution in [3.8, 4) is 0 Å². The molecule has 2 nitrogen and oxygen atoms in total. The highest BCUT2D eigenvalue weighted by atomic mass is 32.1. The van der Waals surface area contributed by atoms with Gasteiger partial charge in [0, 0.05) is 17.8 Å². The molecule has 116 valence electrons. The van der Waals surface area contributed by atoms with Crippen LogP contribution in [0.3, 0.4) is 0 Å². The molecule has 0 N–H and O–H groups in total. The molecule has 2 aromatic rings. The molecule has 0 saturated carbocycles. The Bertz CT molecular complexity index is 649. The molecule has 1 aliphatic heterocycles. The van der Waals surface area contributed by atoms with E-state index in [1.54, 1.807) is 23.5 Å². The van der Waals surface area contributed by atoms with Crippen LogP contribution in [0.5, 0.6) is 0 Å². The standard InChI is InChI=1S/C18H20FNOS/c1-2-3-4-17(21)20-11-9-16-15(10-12-22-16)18(20)13-5-7-14(19)8-6-13/h5-8,10,12,18H,2-4,9,11H2,1H3. The second-order valence-corrected chi connectivity index (χ2v) is 6.69. The number of benzene rings is 1. The van der Waals surface area contributed by atoms with E-state index in [2.05, 4.69) is 18.4 Å². The zero-order chi connectivity index (χ0) is 15.5. The number of unbranched alkanes of at least 4 members (excludes halogenated alkanes) is 1. The number of amides is 1. The van der Waals surface area contributed by atoms with E-state index >= 15 is 0 Å². The van der Waals surface area contributed by atoms with Crippen LogP contribution in [0.4, 0.5) is 4.39 Å².